The summed E-state index contributed by atoms with van der Waals surface area (Å²) in [6.45, 7) is 4.77. The van der Waals surface area contributed by atoms with Crippen molar-refractivity contribution in [3.05, 3.63) is 59.1 Å². The highest BCUT2D eigenvalue weighted by Crippen LogP contribution is 2.38. The van der Waals surface area contributed by atoms with Gasteiger partial charge in [0.25, 0.3) is 0 Å². The highest BCUT2D eigenvalue weighted by atomic mass is 35.5. The van der Waals surface area contributed by atoms with E-state index < -0.39 is 0 Å². The molecule has 2 aliphatic heterocycles. The van der Waals surface area contributed by atoms with E-state index in [2.05, 4.69) is 28.0 Å². The number of fused-ring (bicyclic) bond motifs is 1. The predicted molar refractivity (Wildman–Crippen MR) is 123 cm³/mol. The fraction of sp³-hybridized carbons (Fsp3) is 0.538. The van der Waals surface area contributed by atoms with Crippen molar-refractivity contribution in [2.24, 2.45) is 5.92 Å². The molecule has 0 radical (unpaired) electrons. The molecule has 2 aromatic carbocycles. The fourth-order valence-electron chi connectivity index (χ4n) is 6.02. The Morgan fingerprint density at radius 2 is 1.67 bits per heavy atom. The summed E-state index contributed by atoms with van der Waals surface area (Å²) in [6, 6.07) is 17.7. The van der Waals surface area contributed by atoms with Gasteiger partial charge in [0.2, 0.25) is 0 Å². The van der Waals surface area contributed by atoms with Crippen molar-refractivity contribution in [3.63, 3.8) is 0 Å². The van der Waals surface area contributed by atoms with E-state index in [1.807, 2.05) is 30.3 Å². The van der Waals surface area contributed by atoms with Gasteiger partial charge in [0.05, 0.1) is 0 Å². The Morgan fingerprint density at radius 3 is 2.50 bits per heavy atom. The minimum Gasteiger partial charge on any atom is -0.457 e. The number of benzene rings is 2. The van der Waals surface area contributed by atoms with Crippen LogP contribution in [0.5, 0.6) is 11.5 Å². The molecular weight excluding hydrogens is 392 g/mol. The van der Waals surface area contributed by atoms with Crippen molar-refractivity contribution in [2.45, 2.75) is 63.6 Å². The average Bonchev–Trinajstić information content (AvgIpc) is 3.25. The number of halogens is 1. The Hall–Kier alpha value is -1.55. The molecule has 4 heteroatoms. The molecule has 2 saturated heterocycles. The standard InChI is InChI=1S/C26H33ClN2O/c27-22-11-13-23(14-12-22)30-24-9-4-6-20(18-24)19-29-17-16-28-15-5-10-25(28)26(29)21-7-2-1-3-8-21/h4,6,9,11-14,18,21,25-26H,1-3,5,7-8,10,15-17,19H2. The van der Waals surface area contributed by atoms with Crippen LogP contribution in [0.15, 0.2) is 48.5 Å². The van der Waals surface area contributed by atoms with Gasteiger partial charge in [0.1, 0.15) is 11.5 Å². The van der Waals surface area contributed by atoms with Gasteiger partial charge < -0.3 is 4.74 Å². The highest BCUT2D eigenvalue weighted by molar-refractivity contribution is 6.30. The molecule has 1 saturated carbocycles. The van der Waals surface area contributed by atoms with E-state index in [0.29, 0.717) is 0 Å². The highest BCUT2D eigenvalue weighted by Gasteiger charge is 2.42. The van der Waals surface area contributed by atoms with Crippen LogP contribution in [0.3, 0.4) is 0 Å². The van der Waals surface area contributed by atoms with E-state index in [9.17, 15) is 0 Å². The molecule has 3 aliphatic rings. The minimum absolute atomic E-state index is 0.724. The fourth-order valence-corrected chi connectivity index (χ4v) is 6.14. The van der Waals surface area contributed by atoms with Gasteiger partial charge in [0.15, 0.2) is 0 Å². The number of hydrogen-bond donors (Lipinski definition) is 0. The number of hydrogen-bond acceptors (Lipinski definition) is 3. The van der Waals surface area contributed by atoms with Crippen LogP contribution in [0.2, 0.25) is 5.02 Å². The second kappa shape index (κ2) is 9.30. The van der Waals surface area contributed by atoms with E-state index in [1.165, 1.54) is 70.1 Å². The van der Waals surface area contributed by atoms with Crippen LogP contribution in [-0.4, -0.2) is 41.5 Å². The van der Waals surface area contributed by atoms with Crippen LogP contribution in [-0.2, 0) is 6.54 Å². The summed E-state index contributed by atoms with van der Waals surface area (Å²) in [7, 11) is 0. The Kier molecular flexibility index (Phi) is 6.31. The second-order valence-corrected chi connectivity index (χ2v) is 9.74. The lowest BCUT2D eigenvalue weighted by Crippen LogP contribution is -2.59. The van der Waals surface area contributed by atoms with Crippen LogP contribution in [0, 0.1) is 5.92 Å². The lowest BCUT2D eigenvalue weighted by molar-refractivity contribution is -0.00381. The first-order chi connectivity index (χ1) is 14.8. The molecule has 0 amide bonds. The normalized spacial score (nSPS) is 25.9. The monoisotopic (exact) mass is 424 g/mol. The first-order valence-electron chi connectivity index (χ1n) is 11.8. The van der Waals surface area contributed by atoms with Crippen LogP contribution in [0.1, 0.15) is 50.5 Å². The molecule has 2 heterocycles. The summed E-state index contributed by atoms with van der Waals surface area (Å²) in [6.07, 6.45) is 9.89. The summed E-state index contributed by atoms with van der Waals surface area (Å²) in [4.78, 5) is 5.60. The molecule has 0 spiro atoms. The van der Waals surface area contributed by atoms with Gasteiger partial charge in [-0.15, -0.1) is 0 Å². The third-order valence-electron chi connectivity index (χ3n) is 7.37. The Balaban J connectivity index is 1.32. The van der Waals surface area contributed by atoms with Crippen molar-refractivity contribution in [2.75, 3.05) is 19.6 Å². The second-order valence-electron chi connectivity index (χ2n) is 9.31. The minimum atomic E-state index is 0.724. The van der Waals surface area contributed by atoms with E-state index in [4.69, 9.17) is 16.3 Å². The van der Waals surface area contributed by atoms with Gasteiger partial charge >= 0.3 is 0 Å². The van der Waals surface area contributed by atoms with Gasteiger partial charge in [-0.05, 0) is 80.1 Å². The largest absolute Gasteiger partial charge is 0.457 e. The van der Waals surface area contributed by atoms with Crippen molar-refractivity contribution in [3.8, 4) is 11.5 Å². The Labute approximate surface area is 186 Å². The summed E-state index contributed by atoms with van der Waals surface area (Å²) in [5.74, 6) is 2.61. The molecule has 5 rings (SSSR count). The molecule has 160 valence electrons. The quantitative estimate of drug-likeness (QED) is 0.555. The molecule has 2 aromatic rings. The van der Waals surface area contributed by atoms with Crippen LogP contribution in [0.25, 0.3) is 0 Å². The number of nitrogens with zero attached hydrogens (tertiary/aromatic N) is 2. The molecular formula is C26H33ClN2O. The molecule has 0 aromatic heterocycles. The van der Waals surface area contributed by atoms with Crippen LogP contribution in [0.4, 0.5) is 0 Å². The van der Waals surface area contributed by atoms with E-state index in [0.717, 1.165) is 41.1 Å². The summed E-state index contributed by atoms with van der Waals surface area (Å²) in [5, 5.41) is 0.732. The lowest BCUT2D eigenvalue weighted by Gasteiger charge is -2.49. The summed E-state index contributed by atoms with van der Waals surface area (Å²) < 4.78 is 6.09. The topological polar surface area (TPSA) is 15.7 Å². The molecule has 3 fully saturated rings. The SMILES string of the molecule is Clc1ccc(Oc2cccc(CN3CCN4CCCC4C3C3CCCCC3)c2)cc1. The average molecular weight is 425 g/mol. The lowest BCUT2D eigenvalue weighted by atomic mass is 9.78. The number of ether oxygens (including phenoxy) is 1. The van der Waals surface area contributed by atoms with Gasteiger partial charge in [0, 0.05) is 36.7 Å². The zero-order valence-corrected chi connectivity index (χ0v) is 18.6. The van der Waals surface area contributed by atoms with E-state index in [-0.39, 0.29) is 0 Å². The van der Waals surface area contributed by atoms with Crippen molar-refractivity contribution < 1.29 is 4.74 Å². The predicted octanol–water partition coefficient (Wildman–Crippen LogP) is 6.36. The maximum atomic E-state index is 6.09. The Morgan fingerprint density at radius 1 is 0.833 bits per heavy atom. The maximum Gasteiger partial charge on any atom is 0.127 e. The zero-order valence-electron chi connectivity index (χ0n) is 17.8. The number of rotatable bonds is 5. The third-order valence-corrected chi connectivity index (χ3v) is 7.62. The van der Waals surface area contributed by atoms with Crippen LogP contribution >= 0.6 is 11.6 Å². The third kappa shape index (κ3) is 4.54. The van der Waals surface area contributed by atoms with Gasteiger partial charge in [-0.2, -0.15) is 0 Å². The van der Waals surface area contributed by atoms with Gasteiger partial charge in [-0.1, -0.05) is 43.0 Å². The molecule has 2 unspecified atom stereocenters. The van der Waals surface area contributed by atoms with Crippen molar-refractivity contribution >= 4 is 11.6 Å². The van der Waals surface area contributed by atoms with Crippen LogP contribution < -0.4 is 4.74 Å². The number of piperazine rings is 1. The zero-order chi connectivity index (χ0) is 20.3. The molecule has 0 N–H and O–H groups in total. The maximum absolute atomic E-state index is 6.09. The van der Waals surface area contributed by atoms with Crippen molar-refractivity contribution in [1.29, 1.82) is 0 Å². The first-order valence-corrected chi connectivity index (χ1v) is 12.1. The van der Waals surface area contributed by atoms with E-state index in [1.54, 1.807) is 0 Å². The van der Waals surface area contributed by atoms with Gasteiger partial charge in [-0.3, -0.25) is 9.80 Å². The van der Waals surface area contributed by atoms with E-state index >= 15 is 0 Å². The van der Waals surface area contributed by atoms with Crippen molar-refractivity contribution in [1.82, 2.24) is 9.80 Å². The molecule has 0 bridgehead atoms. The summed E-state index contributed by atoms with van der Waals surface area (Å²) in [5.41, 5.74) is 1.36. The van der Waals surface area contributed by atoms with Gasteiger partial charge in [-0.25, -0.2) is 0 Å². The molecule has 1 aliphatic carbocycles. The smallest absolute Gasteiger partial charge is 0.127 e. The Bertz CT molecular complexity index is 833. The first kappa shape index (κ1) is 20.4. The molecule has 2 atom stereocenters. The summed E-state index contributed by atoms with van der Waals surface area (Å²) >= 11 is 6.00. The molecule has 3 nitrogen and oxygen atoms in total. The molecule has 30 heavy (non-hydrogen) atoms.